The lowest BCUT2D eigenvalue weighted by Crippen LogP contribution is -2.08. The van der Waals surface area contributed by atoms with Gasteiger partial charge in [0.25, 0.3) is 0 Å². The number of phenolic OH excluding ortho intramolecular Hbond substituents is 1. The molecule has 0 radical (unpaired) electrons. The first kappa shape index (κ1) is 11.9. The van der Waals surface area contributed by atoms with E-state index in [9.17, 15) is 5.11 Å². The van der Waals surface area contributed by atoms with E-state index in [1.165, 1.54) is 6.07 Å². The minimum atomic E-state index is 0.0555. The third kappa shape index (κ3) is 3.19. The van der Waals surface area contributed by atoms with Crippen LogP contribution in [0.4, 0.5) is 11.4 Å². The SMILES string of the molecule is Oc1ccc(NNc2cccc(Cl)c2)cc1Cl. The number of aromatic hydroxyl groups is 1. The summed E-state index contributed by atoms with van der Waals surface area (Å²) in [4.78, 5) is 0. The van der Waals surface area contributed by atoms with Crippen LogP contribution in [0.15, 0.2) is 42.5 Å². The van der Waals surface area contributed by atoms with E-state index in [2.05, 4.69) is 10.9 Å². The zero-order valence-corrected chi connectivity index (χ0v) is 10.3. The maximum absolute atomic E-state index is 9.27. The second-order valence-electron chi connectivity index (χ2n) is 3.43. The summed E-state index contributed by atoms with van der Waals surface area (Å²) in [7, 11) is 0. The van der Waals surface area contributed by atoms with Crippen LogP contribution in [0.1, 0.15) is 0 Å². The summed E-state index contributed by atoms with van der Waals surface area (Å²) in [6.45, 7) is 0. The van der Waals surface area contributed by atoms with E-state index in [4.69, 9.17) is 23.2 Å². The molecule has 0 heterocycles. The van der Waals surface area contributed by atoms with Crippen molar-refractivity contribution in [3.05, 3.63) is 52.5 Å². The lowest BCUT2D eigenvalue weighted by molar-refractivity contribution is 0.475. The number of nitrogens with one attached hydrogen (secondary N) is 2. The van der Waals surface area contributed by atoms with Crippen molar-refractivity contribution >= 4 is 34.6 Å². The van der Waals surface area contributed by atoms with E-state index in [0.717, 1.165) is 11.4 Å². The highest BCUT2D eigenvalue weighted by molar-refractivity contribution is 6.32. The highest BCUT2D eigenvalue weighted by atomic mass is 35.5. The number of hydrogen-bond donors (Lipinski definition) is 3. The van der Waals surface area contributed by atoms with Gasteiger partial charge < -0.3 is 16.0 Å². The fourth-order valence-electron chi connectivity index (χ4n) is 1.30. The van der Waals surface area contributed by atoms with Crippen molar-refractivity contribution < 1.29 is 5.11 Å². The topological polar surface area (TPSA) is 44.3 Å². The summed E-state index contributed by atoms with van der Waals surface area (Å²) < 4.78 is 0. The standard InChI is InChI=1S/C12H10Cl2N2O/c13-8-2-1-3-9(6-8)15-16-10-4-5-12(17)11(14)7-10/h1-7,15-17H. The van der Waals surface area contributed by atoms with E-state index in [1.54, 1.807) is 24.3 Å². The number of hydrazine groups is 1. The van der Waals surface area contributed by atoms with Crippen LogP contribution in [-0.4, -0.2) is 5.11 Å². The maximum Gasteiger partial charge on any atom is 0.134 e. The number of phenols is 1. The Kier molecular flexibility index (Phi) is 3.61. The van der Waals surface area contributed by atoms with Gasteiger partial charge in [-0.1, -0.05) is 29.3 Å². The second-order valence-corrected chi connectivity index (χ2v) is 4.27. The zero-order chi connectivity index (χ0) is 12.3. The molecule has 3 N–H and O–H groups in total. The molecule has 0 atom stereocenters. The first-order chi connectivity index (χ1) is 8.15. The van der Waals surface area contributed by atoms with Crippen LogP contribution in [0.5, 0.6) is 5.75 Å². The van der Waals surface area contributed by atoms with Gasteiger partial charge in [0, 0.05) is 5.02 Å². The highest BCUT2D eigenvalue weighted by Crippen LogP contribution is 2.26. The number of hydrogen-bond acceptors (Lipinski definition) is 3. The molecule has 0 saturated carbocycles. The van der Waals surface area contributed by atoms with Crippen molar-refractivity contribution in [2.24, 2.45) is 0 Å². The largest absolute Gasteiger partial charge is 0.506 e. The van der Waals surface area contributed by atoms with Gasteiger partial charge in [-0.3, -0.25) is 0 Å². The molecule has 0 amide bonds. The lowest BCUT2D eigenvalue weighted by Gasteiger charge is -2.10. The molecule has 17 heavy (non-hydrogen) atoms. The molecule has 0 saturated heterocycles. The van der Waals surface area contributed by atoms with Gasteiger partial charge in [-0.15, -0.1) is 0 Å². The summed E-state index contributed by atoms with van der Waals surface area (Å²) >= 11 is 11.6. The minimum Gasteiger partial charge on any atom is -0.506 e. The van der Waals surface area contributed by atoms with Crippen molar-refractivity contribution in [3.63, 3.8) is 0 Å². The molecule has 0 spiro atoms. The van der Waals surface area contributed by atoms with Gasteiger partial charge in [0.2, 0.25) is 0 Å². The Hall–Kier alpha value is -1.58. The van der Waals surface area contributed by atoms with Crippen molar-refractivity contribution in [1.82, 2.24) is 0 Å². The van der Waals surface area contributed by atoms with Crippen molar-refractivity contribution in [1.29, 1.82) is 0 Å². The molecule has 0 aliphatic rings. The predicted molar refractivity (Wildman–Crippen MR) is 71.8 cm³/mol. The van der Waals surface area contributed by atoms with Gasteiger partial charge >= 0.3 is 0 Å². The Balaban J connectivity index is 2.05. The first-order valence-electron chi connectivity index (χ1n) is 4.91. The number of halogens is 2. The normalized spacial score (nSPS) is 10.0. The molecule has 2 aromatic carbocycles. The third-order valence-electron chi connectivity index (χ3n) is 2.12. The molecule has 0 bridgehead atoms. The number of anilines is 2. The molecule has 0 fully saturated rings. The predicted octanol–water partition coefficient (Wildman–Crippen LogP) is 4.14. The molecule has 0 aromatic heterocycles. The molecule has 2 rings (SSSR count). The third-order valence-corrected chi connectivity index (χ3v) is 2.66. The molecule has 88 valence electrons. The molecule has 3 nitrogen and oxygen atoms in total. The van der Waals surface area contributed by atoms with E-state index in [1.807, 2.05) is 12.1 Å². The van der Waals surface area contributed by atoms with Crippen LogP contribution >= 0.6 is 23.2 Å². The lowest BCUT2D eigenvalue weighted by atomic mass is 10.3. The Morgan fingerprint density at radius 1 is 0.882 bits per heavy atom. The first-order valence-corrected chi connectivity index (χ1v) is 5.67. The fraction of sp³-hybridized carbons (Fsp3) is 0. The summed E-state index contributed by atoms with van der Waals surface area (Å²) in [5, 5.41) is 10.2. The monoisotopic (exact) mass is 268 g/mol. The van der Waals surface area contributed by atoms with Gasteiger partial charge in [-0.25, -0.2) is 0 Å². The molecular weight excluding hydrogens is 259 g/mol. The van der Waals surface area contributed by atoms with Gasteiger partial charge in [-0.05, 0) is 36.4 Å². The van der Waals surface area contributed by atoms with Crippen LogP contribution in [-0.2, 0) is 0 Å². The summed E-state index contributed by atoms with van der Waals surface area (Å²) in [6.07, 6.45) is 0. The molecular formula is C12H10Cl2N2O. The Labute approximate surface area is 109 Å². The molecule has 0 aliphatic carbocycles. The Morgan fingerprint density at radius 2 is 1.59 bits per heavy atom. The van der Waals surface area contributed by atoms with Gasteiger partial charge in [-0.2, -0.15) is 0 Å². The second kappa shape index (κ2) is 5.17. The van der Waals surface area contributed by atoms with E-state index in [0.29, 0.717) is 10.0 Å². The number of benzene rings is 2. The molecule has 0 aliphatic heterocycles. The average molecular weight is 269 g/mol. The summed E-state index contributed by atoms with van der Waals surface area (Å²) in [5.41, 5.74) is 7.50. The maximum atomic E-state index is 9.27. The van der Waals surface area contributed by atoms with Crippen molar-refractivity contribution in [2.75, 3.05) is 10.9 Å². The fourth-order valence-corrected chi connectivity index (χ4v) is 1.67. The van der Waals surface area contributed by atoms with E-state index in [-0.39, 0.29) is 5.75 Å². The smallest absolute Gasteiger partial charge is 0.134 e. The van der Waals surface area contributed by atoms with Crippen LogP contribution in [0.25, 0.3) is 0 Å². The number of rotatable bonds is 3. The Bertz CT molecular complexity index is 532. The van der Waals surface area contributed by atoms with E-state index < -0.39 is 0 Å². The summed E-state index contributed by atoms with van der Waals surface area (Å²) in [6, 6.07) is 12.1. The van der Waals surface area contributed by atoms with E-state index >= 15 is 0 Å². The molecule has 2 aromatic rings. The van der Waals surface area contributed by atoms with Gasteiger partial charge in [0.1, 0.15) is 5.75 Å². The van der Waals surface area contributed by atoms with Crippen LogP contribution in [0.3, 0.4) is 0 Å². The molecule has 5 heteroatoms. The van der Waals surface area contributed by atoms with Crippen LogP contribution in [0, 0.1) is 0 Å². The van der Waals surface area contributed by atoms with Crippen LogP contribution in [0.2, 0.25) is 10.0 Å². The van der Waals surface area contributed by atoms with Crippen LogP contribution < -0.4 is 10.9 Å². The van der Waals surface area contributed by atoms with Gasteiger partial charge in [0.05, 0.1) is 16.4 Å². The van der Waals surface area contributed by atoms with Crippen molar-refractivity contribution in [3.8, 4) is 5.75 Å². The zero-order valence-electron chi connectivity index (χ0n) is 8.74. The van der Waals surface area contributed by atoms with Gasteiger partial charge in [0.15, 0.2) is 0 Å². The summed E-state index contributed by atoms with van der Waals surface area (Å²) in [5.74, 6) is 0.0555. The average Bonchev–Trinajstić information content (AvgIpc) is 2.31. The Morgan fingerprint density at radius 3 is 2.24 bits per heavy atom. The van der Waals surface area contributed by atoms with Crippen molar-refractivity contribution in [2.45, 2.75) is 0 Å². The quantitative estimate of drug-likeness (QED) is 0.579. The highest BCUT2D eigenvalue weighted by Gasteiger charge is 1.99. The minimum absolute atomic E-state index is 0.0555. The molecule has 0 unspecified atom stereocenters.